The van der Waals surface area contributed by atoms with E-state index < -0.39 is 37.6 Å². The fourth-order valence-electron chi connectivity index (χ4n) is 10.9. The fraction of sp³-hybridized carbons (Fsp3) is 0.822. The van der Waals surface area contributed by atoms with Gasteiger partial charge in [-0.1, -0.05) is 108 Å². The van der Waals surface area contributed by atoms with Gasteiger partial charge in [0.1, 0.15) is 11.4 Å². The monoisotopic (exact) mass is 1500 g/mol. The molecule has 6 amide bonds. The molecule has 2 N–H and O–H groups in total. The van der Waals surface area contributed by atoms with Gasteiger partial charge in [-0.05, 0) is 143 Å². The number of hydrogen-bond acceptors (Lipinski definition) is 19. The van der Waals surface area contributed by atoms with Crippen LogP contribution < -0.4 is 5.32 Å². The standard InChI is InChI=1S/C12H17NOS.C11H20N2O2.C11H21NO3S.C11H21NO2.C10H20N2O3S.C9H17NO3S.C9H18O2/c1-9(2)6-11(14)7-10-8-12(15-3)4-5-13-10;1-9(2)7-11(15)13-5-3-10(4-6-13)12-8-14;1-9(2)7-11(13)12-5-3-10(4-6-12)8-16(14)15;1-9(2)8-10(13)12-6-4-11(3,14)5-7-12;1-9(2)7-10(13)12-5-3-11(4-6-12)8-16(14)15;1-8(2)7-9(11)10-3-5-14(12,13)6-4-10;1-7(2)6-8(10)11-9(3,4)5/h4-5,8-9H,6-7H2,1-3H3;8-10H,3-7H2,1-2H3,(H,12,14);9-10H,3-8H2,1-2H3,(H,14,15);9,14H,4-8H2,1-3H3;9H,3-8H2,1-2H3,(H,14,15);8H,3-7H2,1-2H3;7H,6H2,1-5H3/p-2. The van der Waals surface area contributed by atoms with Gasteiger partial charge in [0, 0.05) is 158 Å². The number of esters is 1. The van der Waals surface area contributed by atoms with Crippen LogP contribution in [-0.2, 0) is 81.5 Å². The molecule has 5 aliphatic rings. The van der Waals surface area contributed by atoms with Gasteiger partial charge >= 0.3 is 5.97 Å². The molecular weight excluding hydrogens is 1370 g/mol. The van der Waals surface area contributed by atoms with Gasteiger partial charge in [0.05, 0.1) is 23.0 Å². The van der Waals surface area contributed by atoms with E-state index in [1.165, 1.54) is 0 Å². The lowest BCUT2D eigenvalue weighted by atomic mass is 9.93. The molecule has 0 bridgehead atoms. The van der Waals surface area contributed by atoms with Gasteiger partial charge in [-0.3, -0.25) is 56.7 Å². The summed E-state index contributed by atoms with van der Waals surface area (Å²) in [5.41, 5.74) is -0.0203. The smallest absolute Gasteiger partial charge is 0.306 e. The highest BCUT2D eigenvalue weighted by molar-refractivity contribution is 7.98. The minimum absolute atomic E-state index is 0.0756. The summed E-state index contributed by atoms with van der Waals surface area (Å²) in [4.78, 5) is 108. The quantitative estimate of drug-likeness (QED) is 0.0446. The first-order chi connectivity index (χ1) is 46.8. The van der Waals surface area contributed by atoms with E-state index >= 15 is 0 Å². The predicted octanol–water partition coefficient (Wildman–Crippen LogP) is 8.96. The Bertz CT molecular complexity index is 2680. The van der Waals surface area contributed by atoms with Crippen LogP contribution in [0.3, 0.4) is 0 Å². The van der Waals surface area contributed by atoms with E-state index in [0.29, 0.717) is 171 Å². The lowest BCUT2D eigenvalue weighted by Gasteiger charge is -2.36. The van der Waals surface area contributed by atoms with Crippen molar-refractivity contribution in [2.45, 2.75) is 237 Å². The number of nitrogens with zero attached hydrogens (tertiary/aromatic N) is 7. The predicted molar refractivity (Wildman–Crippen MR) is 402 cm³/mol. The number of Topliss-reactive ketones (excluding diaryl/α,β-unsaturated/α-hetero) is 1. The van der Waals surface area contributed by atoms with Gasteiger partial charge < -0.3 is 48.8 Å². The summed E-state index contributed by atoms with van der Waals surface area (Å²) in [5.74, 6) is 4.66. The van der Waals surface area contributed by atoms with E-state index in [4.69, 9.17) is 4.74 Å². The number of ether oxygens (including phenoxy) is 1. The Labute approximate surface area is 617 Å². The van der Waals surface area contributed by atoms with Crippen molar-refractivity contribution in [2.75, 3.05) is 108 Å². The van der Waals surface area contributed by atoms with Crippen molar-refractivity contribution < 1.29 is 74.1 Å². The summed E-state index contributed by atoms with van der Waals surface area (Å²) in [5, 5.41) is 12.5. The van der Waals surface area contributed by atoms with Crippen LogP contribution in [0.15, 0.2) is 23.2 Å². The second-order valence-electron chi connectivity index (χ2n) is 31.3. The molecule has 101 heavy (non-hydrogen) atoms. The molecule has 0 saturated carbocycles. The number of likely N-dealkylation sites (tertiary alicyclic amines) is 3. The zero-order valence-electron chi connectivity index (χ0n) is 65.1. The molecule has 0 aromatic carbocycles. The highest BCUT2D eigenvalue weighted by atomic mass is 32.2. The van der Waals surface area contributed by atoms with E-state index in [1.54, 1.807) is 22.9 Å². The number of ketones is 1. The number of carbonyl (C=O) groups is 8. The van der Waals surface area contributed by atoms with Crippen LogP contribution in [0, 0.1) is 47.3 Å². The Balaban J connectivity index is 0.00000116. The third kappa shape index (κ3) is 49.8. The van der Waals surface area contributed by atoms with Gasteiger partial charge in [-0.25, -0.2) is 8.42 Å². The largest absolute Gasteiger partial charge is 0.772 e. The Morgan fingerprint density at radius 2 is 0.980 bits per heavy atom. The average molecular weight is 1510 g/mol. The summed E-state index contributed by atoms with van der Waals surface area (Å²) < 4.78 is 69.4. The van der Waals surface area contributed by atoms with Crippen LogP contribution in [0.2, 0.25) is 0 Å². The number of aliphatic hydroxyl groups is 1. The van der Waals surface area contributed by atoms with Crippen molar-refractivity contribution in [3.8, 4) is 0 Å². The molecule has 6 rings (SSSR count). The lowest BCUT2D eigenvalue weighted by molar-refractivity contribution is -0.155. The lowest BCUT2D eigenvalue weighted by Crippen LogP contribution is -2.49. The third-order valence-electron chi connectivity index (χ3n) is 16.3. The number of nitrogens with one attached hydrogen (secondary N) is 1. The van der Waals surface area contributed by atoms with Crippen molar-refractivity contribution in [2.24, 2.45) is 47.3 Å². The van der Waals surface area contributed by atoms with Crippen molar-refractivity contribution in [1.29, 1.82) is 0 Å². The summed E-state index contributed by atoms with van der Waals surface area (Å²) >= 11 is -2.30. The molecule has 28 heteroatoms. The number of pyridine rings is 1. The first-order valence-corrected chi connectivity index (χ1v) is 42.0. The van der Waals surface area contributed by atoms with Crippen LogP contribution in [-0.4, -0.2) is 238 Å². The molecule has 1 aromatic rings. The van der Waals surface area contributed by atoms with Gasteiger partial charge in [0.15, 0.2) is 9.84 Å². The maximum atomic E-state index is 11.7. The van der Waals surface area contributed by atoms with Crippen molar-refractivity contribution in [3.05, 3.63) is 24.0 Å². The molecule has 0 radical (unpaired) electrons. The topological polar surface area (TPSA) is 325 Å². The van der Waals surface area contributed by atoms with Crippen molar-refractivity contribution in [1.82, 2.24) is 39.7 Å². The molecule has 6 heterocycles. The maximum absolute atomic E-state index is 11.7. The molecule has 2 unspecified atom stereocenters. The number of sulfone groups is 1. The molecule has 1 aromatic heterocycles. The number of rotatable bonds is 23. The van der Waals surface area contributed by atoms with Crippen LogP contribution in [0.4, 0.5) is 0 Å². The molecule has 5 aliphatic heterocycles. The molecule has 5 fully saturated rings. The zero-order chi connectivity index (χ0) is 77.4. The summed E-state index contributed by atoms with van der Waals surface area (Å²) in [6.45, 7) is 43.6. The van der Waals surface area contributed by atoms with Gasteiger partial charge in [0.25, 0.3) is 0 Å². The van der Waals surface area contributed by atoms with Crippen molar-refractivity contribution in [3.63, 3.8) is 0 Å². The van der Waals surface area contributed by atoms with Gasteiger partial charge in [-0.15, -0.1) is 11.8 Å². The minimum Gasteiger partial charge on any atom is -0.772 e. The molecule has 0 spiro atoms. The molecule has 5 saturated heterocycles. The van der Waals surface area contributed by atoms with Gasteiger partial charge in [0.2, 0.25) is 35.9 Å². The van der Waals surface area contributed by atoms with Crippen LogP contribution in [0.25, 0.3) is 0 Å². The van der Waals surface area contributed by atoms with Crippen LogP contribution in [0.1, 0.15) is 214 Å². The molecule has 2 atom stereocenters. The second-order valence-corrected chi connectivity index (χ2v) is 36.2. The summed E-state index contributed by atoms with van der Waals surface area (Å²) in [6, 6.07) is 4.20. The van der Waals surface area contributed by atoms with E-state index in [0.717, 1.165) is 55.8 Å². The van der Waals surface area contributed by atoms with Crippen molar-refractivity contribution >= 4 is 91.5 Å². The van der Waals surface area contributed by atoms with E-state index in [-0.39, 0.29) is 82.0 Å². The molecule has 0 aliphatic carbocycles. The SMILES string of the molecule is CC(C)CC(=O)N1CCC(C)(O)CC1.CC(C)CC(=O)N1CCC(CS(=O)[O-])CC1.CC(C)CC(=O)N1CCC(NC=O)CC1.CC(C)CC(=O)N1CCN(CS(=O)[O-])CC1.CC(C)CC(=O)N1CCS(=O)(=O)CC1.CC(C)CC(=O)OC(C)(C)C.CSc1ccnc(CC(=O)CC(C)C)c1. The van der Waals surface area contributed by atoms with E-state index in [2.05, 4.69) is 51.8 Å². The second kappa shape index (κ2) is 50.9. The molecule has 586 valence electrons. The number of thioether (sulfide) groups is 1. The minimum atomic E-state index is -2.87. The Kier molecular flexibility index (Phi) is 48.7. The number of piperidine rings is 3. The number of carbonyl (C=O) groups excluding carboxylic acids is 8. The molecular formula is C73H132N8O16S4-2. The highest BCUT2D eigenvalue weighted by Crippen LogP contribution is 2.24. The highest BCUT2D eigenvalue weighted by Gasteiger charge is 2.31. The number of piperazine rings is 1. The average Bonchev–Trinajstić information content (AvgIpc) is 0.872. The number of hydrogen-bond donors (Lipinski definition) is 2. The maximum Gasteiger partial charge on any atom is 0.306 e. The Hall–Kier alpha value is -4.45. The fourth-order valence-corrected chi connectivity index (χ4v) is 13.9. The number of amides is 6. The van der Waals surface area contributed by atoms with E-state index in [1.807, 2.05) is 126 Å². The van der Waals surface area contributed by atoms with Crippen LogP contribution in [0.5, 0.6) is 0 Å². The normalized spacial score (nSPS) is 17.8. The zero-order valence-corrected chi connectivity index (χ0v) is 68.3. The summed E-state index contributed by atoms with van der Waals surface area (Å²) in [7, 11) is -2.87. The molecule has 24 nitrogen and oxygen atoms in total. The number of aromatic nitrogens is 1. The third-order valence-corrected chi connectivity index (χ3v) is 20.0. The summed E-state index contributed by atoms with van der Waals surface area (Å²) in [6.07, 6.45) is 13.9. The van der Waals surface area contributed by atoms with Gasteiger partial charge in [-0.2, -0.15) is 0 Å². The van der Waals surface area contributed by atoms with E-state index in [9.17, 15) is 69.4 Å². The first-order valence-electron chi connectivity index (χ1n) is 36.4. The Morgan fingerprint density at radius 3 is 1.34 bits per heavy atom. The first kappa shape index (κ1) is 96.5. The van der Waals surface area contributed by atoms with Crippen LogP contribution >= 0.6 is 11.8 Å². The Morgan fingerprint density at radius 1 is 0.604 bits per heavy atom.